The van der Waals surface area contributed by atoms with E-state index in [1.807, 2.05) is 54.6 Å². The topological polar surface area (TPSA) is 63.4 Å². The number of alkyl halides is 1. The highest BCUT2D eigenvalue weighted by Crippen LogP contribution is 2.72. The number of rotatable bonds is 9. The average molecular weight is 587 g/mol. The van der Waals surface area contributed by atoms with E-state index in [0.29, 0.717) is 10.6 Å². The lowest BCUT2D eigenvalue weighted by atomic mass is 10.00. The molecular formula is C33H27Cl2NO3P+. The lowest BCUT2D eigenvalue weighted by Crippen LogP contribution is -2.49. The van der Waals surface area contributed by atoms with Crippen molar-refractivity contribution in [1.82, 2.24) is 0 Å². The molecule has 2 atom stereocenters. The Kier molecular flexibility index (Phi) is 8.35. The summed E-state index contributed by atoms with van der Waals surface area (Å²) < 4.78 is -1.30. The number of hydrogen-bond acceptors (Lipinski definition) is 3. The molecule has 7 heteroatoms. The summed E-state index contributed by atoms with van der Waals surface area (Å²) in [5.41, 5.74) is 1.41. The van der Waals surface area contributed by atoms with Gasteiger partial charge in [-0.2, -0.15) is 0 Å². The highest BCUT2D eigenvalue weighted by molar-refractivity contribution is 7.98. The molecule has 0 amide bonds. The Hall–Kier alpha value is -3.53. The van der Waals surface area contributed by atoms with Crippen LogP contribution in [0.25, 0.3) is 0 Å². The predicted molar refractivity (Wildman–Crippen MR) is 167 cm³/mol. The van der Waals surface area contributed by atoms with Crippen molar-refractivity contribution < 1.29 is 10.0 Å². The van der Waals surface area contributed by atoms with Crippen molar-refractivity contribution in [2.45, 2.75) is 17.1 Å². The molecule has 0 heterocycles. The van der Waals surface area contributed by atoms with Gasteiger partial charge in [-0.3, -0.25) is 10.1 Å². The van der Waals surface area contributed by atoms with Gasteiger partial charge < -0.3 is 5.11 Å². The molecule has 0 spiro atoms. The fourth-order valence-electron chi connectivity index (χ4n) is 5.37. The number of aliphatic hydroxyl groups is 1. The first kappa shape index (κ1) is 28.0. The molecule has 0 saturated carbocycles. The molecule has 200 valence electrons. The lowest BCUT2D eigenvalue weighted by molar-refractivity contribution is -0.384. The minimum atomic E-state index is -2.86. The molecule has 0 saturated heterocycles. The van der Waals surface area contributed by atoms with Crippen LogP contribution in [-0.2, 0) is 6.42 Å². The van der Waals surface area contributed by atoms with E-state index in [1.54, 1.807) is 36.4 Å². The van der Waals surface area contributed by atoms with Crippen molar-refractivity contribution in [3.05, 3.63) is 166 Å². The number of aliphatic hydroxyl groups excluding tert-OH is 1. The molecule has 5 aromatic carbocycles. The van der Waals surface area contributed by atoms with Crippen molar-refractivity contribution in [3.8, 4) is 0 Å². The number of nitro benzene ring substituents is 1. The monoisotopic (exact) mass is 586 g/mol. The Balaban J connectivity index is 1.86. The van der Waals surface area contributed by atoms with Gasteiger partial charge in [0, 0.05) is 23.6 Å². The van der Waals surface area contributed by atoms with E-state index in [1.165, 1.54) is 12.1 Å². The van der Waals surface area contributed by atoms with E-state index in [0.717, 1.165) is 21.5 Å². The van der Waals surface area contributed by atoms with Gasteiger partial charge >= 0.3 is 0 Å². The third-order valence-electron chi connectivity index (χ3n) is 7.19. The minimum absolute atomic E-state index is 0.00240. The summed E-state index contributed by atoms with van der Waals surface area (Å²) >= 11 is 14.3. The zero-order valence-corrected chi connectivity index (χ0v) is 23.9. The molecule has 1 N–H and O–H groups in total. The van der Waals surface area contributed by atoms with Gasteiger partial charge in [0.15, 0.2) is 4.62 Å². The van der Waals surface area contributed by atoms with Crippen LogP contribution in [0.5, 0.6) is 0 Å². The molecule has 40 heavy (non-hydrogen) atoms. The number of hydrogen-bond donors (Lipinski definition) is 1. The normalized spacial score (nSPS) is 13.8. The molecule has 5 aromatic rings. The number of nitrogens with zero attached hydrogens (tertiary/aromatic N) is 1. The maximum atomic E-state index is 12.4. The van der Waals surface area contributed by atoms with Crippen LogP contribution >= 0.6 is 30.5 Å². The zero-order valence-electron chi connectivity index (χ0n) is 21.5. The van der Waals surface area contributed by atoms with E-state index < -0.39 is 22.9 Å². The Morgan fingerprint density at radius 3 is 1.52 bits per heavy atom. The first-order chi connectivity index (χ1) is 19.4. The molecule has 5 rings (SSSR count). The van der Waals surface area contributed by atoms with E-state index in [4.69, 9.17) is 23.2 Å². The third kappa shape index (κ3) is 5.16. The van der Waals surface area contributed by atoms with Crippen LogP contribution in [0.2, 0.25) is 5.02 Å². The predicted octanol–water partition coefficient (Wildman–Crippen LogP) is 7.45. The Bertz CT molecular complexity index is 1470. The van der Waals surface area contributed by atoms with Crippen LogP contribution in [0.3, 0.4) is 0 Å². The van der Waals surface area contributed by atoms with Gasteiger partial charge in [-0.25, -0.2) is 0 Å². The summed E-state index contributed by atoms with van der Waals surface area (Å²) in [5, 5.41) is 27.4. The second kappa shape index (κ2) is 11.9. The van der Waals surface area contributed by atoms with Crippen LogP contribution in [0.1, 0.15) is 17.2 Å². The molecule has 0 aliphatic carbocycles. The second-order valence-corrected chi connectivity index (χ2v) is 14.6. The van der Waals surface area contributed by atoms with E-state index in [2.05, 4.69) is 36.4 Å². The molecule has 4 nitrogen and oxygen atoms in total. The van der Waals surface area contributed by atoms with Crippen molar-refractivity contribution in [3.63, 3.8) is 0 Å². The quantitative estimate of drug-likeness (QED) is 0.0844. The largest absolute Gasteiger partial charge is 0.383 e. The van der Waals surface area contributed by atoms with Crippen molar-refractivity contribution >= 4 is 52.1 Å². The second-order valence-electron chi connectivity index (χ2n) is 9.55. The van der Waals surface area contributed by atoms with E-state index in [-0.39, 0.29) is 12.1 Å². The molecule has 0 fully saturated rings. The van der Waals surface area contributed by atoms with Gasteiger partial charge in [-0.15, -0.1) is 0 Å². The molecule has 0 aromatic heterocycles. The number of non-ortho nitro benzene ring substituents is 1. The van der Waals surface area contributed by atoms with Crippen LogP contribution in [0.15, 0.2) is 140 Å². The van der Waals surface area contributed by atoms with Crippen LogP contribution in [0.4, 0.5) is 5.69 Å². The summed E-state index contributed by atoms with van der Waals surface area (Å²) in [7, 11) is -2.86. The number of benzene rings is 5. The Labute approximate surface area is 244 Å². The maximum Gasteiger partial charge on any atom is 0.269 e. The molecule has 0 bridgehead atoms. The van der Waals surface area contributed by atoms with Crippen molar-refractivity contribution in [2.75, 3.05) is 0 Å². The zero-order chi connectivity index (χ0) is 28.2. The number of halogens is 2. The van der Waals surface area contributed by atoms with Crippen LogP contribution in [-0.4, -0.2) is 14.6 Å². The van der Waals surface area contributed by atoms with Gasteiger partial charge in [0.05, 0.1) is 4.92 Å². The molecular weight excluding hydrogens is 560 g/mol. The Morgan fingerprint density at radius 1 is 0.700 bits per heavy atom. The van der Waals surface area contributed by atoms with Crippen LogP contribution in [0, 0.1) is 10.1 Å². The summed E-state index contributed by atoms with van der Waals surface area (Å²) in [5.74, 6) is 0. The Morgan fingerprint density at radius 2 is 1.12 bits per heavy atom. The van der Waals surface area contributed by atoms with Gasteiger partial charge in [0.25, 0.3) is 5.69 Å². The fourth-order valence-corrected chi connectivity index (χ4v) is 11.6. The fraction of sp³-hybridized carbons (Fsp3) is 0.0909. The highest BCUT2D eigenvalue weighted by Gasteiger charge is 2.65. The third-order valence-corrected chi connectivity index (χ3v) is 13.3. The number of nitro groups is 1. The smallest absolute Gasteiger partial charge is 0.269 e. The first-order valence-electron chi connectivity index (χ1n) is 12.8. The summed E-state index contributed by atoms with van der Waals surface area (Å²) in [4.78, 5) is 10.9. The molecule has 0 aliphatic heterocycles. The van der Waals surface area contributed by atoms with Gasteiger partial charge in [-0.1, -0.05) is 102 Å². The van der Waals surface area contributed by atoms with E-state index >= 15 is 0 Å². The lowest BCUT2D eigenvalue weighted by Gasteiger charge is -2.43. The summed E-state index contributed by atoms with van der Waals surface area (Å²) in [6.45, 7) is 0. The highest BCUT2D eigenvalue weighted by atomic mass is 35.5. The standard InChI is InChI=1S/C33H27Cl2NO3P/c34-27-20-18-26(19-21-27)32(37)33(35,24-25-16-22-28(23-17-25)36(38)39)40(29-10-4-1-5-11-29,30-12-6-2-7-13-30)31-14-8-3-9-15-31/h1-23,32,37H,24H2/q+1. The van der Waals surface area contributed by atoms with Gasteiger partial charge in [0.2, 0.25) is 0 Å². The maximum absolute atomic E-state index is 12.4. The SMILES string of the molecule is O=[N+]([O-])c1ccc(CC(Cl)(C(O)c2ccc(Cl)cc2)[P+](c2ccccc2)(c2ccccc2)c2ccccc2)cc1. The molecule has 0 radical (unpaired) electrons. The van der Waals surface area contributed by atoms with Gasteiger partial charge in [-0.05, 0) is 59.7 Å². The van der Waals surface area contributed by atoms with Gasteiger partial charge in [0.1, 0.15) is 29.3 Å². The molecule has 0 aliphatic rings. The average Bonchev–Trinajstić information content (AvgIpc) is 2.99. The summed E-state index contributed by atoms with van der Waals surface area (Å²) in [6, 6.07) is 43.8. The van der Waals surface area contributed by atoms with Crippen molar-refractivity contribution in [1.29, 1.82) is 0 Å². The minimum Gasteiger partial charge on any atom is -0.383 e. The van der Waals surface area contributed by atoms with Crippen LogP contribution < -0.4 is 15.9 Å². The first-order valence-corrected chi connectivity index (χ1v) is 15.3. The molecule has 2 unspecified atom stereocenters. The van der Waals surface area contributed by atoms with E-state index in [9.17, 15) is 15.2 Å². The summed E-state index contributed by atoms with van der Waals surface area (Å²) in [6.07, 6.45) is -0.890. The van der Waals surface area contributed by atoms with Crippen molar-refractivity contribution in [2.24, 2.45) is 0 Å².